The Morgan fingerprint density at radius 1 is 0.875 bits per heavy atom. The van der Waals surface area contributed by atoms with E-state index in [-0.39, 0.29) is 19.5 Å². The van der Waals surface area contributed by atoms with Crippen LogP contribution in [0.2, 0.25) is 0 Å². The van der Waals surface area contributed by atoms with Crippen LogP contribution in [0.3, 0.4) is 0 Å². The summed E-state index contributed by atoms with van der Waals surface area (Å²) in [6, 6.07) is 30.6. The highest BCUT2D eigenvalue weighted by molar-refractivity contribution is 5.88. The van der Waals surface area contributed by atoms with Gasteiger partial charge in [-0.25, -0.2) is 4.89 Å². The van der Waals surface area contributed by atoms with Gasteiger partial charge in [-0.15, -0.1) is 0 Å². The molecular weight excluding hydrogens is 404 g/mol. The molecule has 0 aliphatic carbocycles. The van der Waals surface area contributed by atoms with Gasteiger partial charge in [0.1, 0.15) is 5.41 Å². The third-order valence-electron chi connectivity index (χ3n) is 6.45. The number of hydrogen-bond acceptors (Lipinski definition) is 5. The highest BCUT2D eigenvalue weighted by Gasteiger charge is 2.72. The van der Waals surface area contributed by atoms with Crippen molar-refractivity contribution in [2.24, 2.45) is 5.41 Å². The van der Waals surface area contributed by atoms with Gasteiger partial charge >= 0.3 is 0 Å². The topological polar surface area (TPSA) is 82.8 Å². The first-order chi connectivity index (χ1) is 15.5. The van der Waals surface area contributed by atoms with E-state index in [1.807, 2.05) is 91.0 Å². The number of aliphatic hydroxyl groups is 1. The summed E-state index contributed by atoms with van der Waals surface area (Å²) in [6.07, 6.45) is 0.0536. The average molecular weight is 426 g/mol. The molecule has 0 bridgehead atoms. The number of carbonyl (C=O) groups excluding carboxylic acids is 1. The van der Waals surface area contributed by atoms with E-state index in [2.05, 4.69) is 6.07 Å². The van der Waals surface area contributed by atoms with Gasteiger partial charge in [-0.2, -0.15) is 10.1 Å². The van der Waals surface area contributed by atoms with Crippen molar-refractivity contribution in [2.45, 2.75) is 24.4 Å². The number of fused-ring (bicyclic) bond motifs is 1. The molecule has 2 aliphatic rings. The number of amides is 1. The summed E-state index contributed by atoms with van der Waals surface area (Å²) in [6.45, 7) is 0.289. The third-order valence-corrected chi connectivity index (χ3v) is 6.45. The molecule has 160 valence electrons. The molecule has 6 nitrogen and oxygen atoms in total. The van der Waals surface area contributed by atoms with Crippen molar-refractivity contribution in [1.29, 1.82) is 5.26 Å². The van der Waals surface area contributed by atoms with Crippen molar-refractivity contribution in [2.75, 3.05) is 6.54 Å². The molecule has 2 saturated heterocycles. The number of nitriles is 1. The van der Waals surface area contributed by atoms with Gasteiger partial charge in [0.05, 0.1) is 6.07 Å². The fourth-order valence-electron chi connectivity index (χ4n) is 4.76. The van der Waals surface area contributed by atoms with E-state index in [0.29, 0.717) is 0 Å². The van der Waals surface area contributed by atoms with Gasteiger partial charge in [0.2, 0.25) is 0 Å². The van der Waals surface area contributed by atoms with Crippen molar-refractivity contribution in [3.05, 3.63) is 108 Å². The van der Waals surface area contributed by atoms with Crippen LogP contribution in [0.25, 0.3) is 0 Å². The maximum atomic E-state index is 13.2. The number of carbonyl (C=O) groups is 1. The number of nitrogens with zero attached hydrogens (tertiary/aromatic N) is 2. The highest BCUT2D eigenvalue weighted by atomic mass is 17.2. The number of benzene rings is 3. The Morgan fingerprint density at radius 2 is 1.41 bits per heavy atom. The van der Waals surface area contributed by atoms with Crippen molar-refractivity contribution in [1.82, 2.24) is 4.90 Å². The second-order valence-electron chi connectivity index (χ2n) is 8.39. The normalized spacial score (nSPS) is 26.4. The lowest BCUT2D eigenvalue weighted by Gasteiger charge is -2.47. The summed E-state index contributed by atoms with van der Waals surface area (Å²) >= 11 is 0. The van der Waals surface area contributed by atoms with Crippen molar-refractivity contribution < 1.29 is 19.7 Å². The molecule has 3 aromatic rings. The Labute approximate surface area is 186 Å². The Kier molecular flexibility index (Phi) is 4.83. The van der Waals surface area contributed by atoms with E-state index in [1.54, 1.807) is 0 Å². The van der Waals surface area contributed by atoms with Crippen LogP contribution in [-0.2, 0) is 26.7 Å². The lowest BCUT2D eigenvalue weighted by atomic mass is 9.68. The van der Waals surface area contributed by atoms with Crippen molar-refractivity contribution >= 4 is 5.91 Å². The molecule has 5 rings (SSSR count). The van der Waals surface area contributed by atoms with E-state index < -0.39 is 22.7 Å². The van der Waals surface area contributed by atoms with E-state index in [9.17, 15) is 15.2 Å². The Morgan fingerprint density at radius 3 is 1.94 bits per heavy atom. The summed E-state index contributed by atoms with van der Waals surface area (Å²) in [5, 5.41) is 21.7. The van der Waals surface area contributed by atoms with E-state index in [1.165, 1.54) is 4.90 Å². The average Bonchev–Trinajstić information content (AvgIpc) is 3.07. The first-order valence-electron chi connectivity index (χ1n) is 10.5. The molecule has 1 amide bonds. The standard InChI is InChI=1S/C26H22N2O4/c27-18-24-17-25(21-12-6-2-7-13-21,22-14-8-3-9-15-22)31-32-26(24,30)23(29)28(19-24)16-20-10-4-1-5-11-20/h1-15,30H,16-17,19H2. The monoisotopic (exact) mass is 426 g/mol. The van der Waals surface area contributed by atoms with Gasteiger partial charge in [-0.1, -0.05) is 91.0 Å². The van der Waals surface area contributed by atoms with Crippen LogP contribution in [0.1, 0.15) is 23.1 Å². The van der Waals surface area contributed by atoms with Gasteiger partial charge in [0.15, 0.2) is 5.60 Å². The SMILES string of the molecule is N#CC12CN(Cc3ccccc3)C(=O)C1(O)OOC(c1ccccc1)(c1ccccc1)C2. The van der Waals surface area contributed by atoms with Crippen molar-refractivity contribution in [3.63, 3.8) is 0 Å². The molecular formula is C26H22N2O4. The second-order valence-corrected chi connectivity index (χ2v) is 8.39. The van der Waals surface area contributed by atoms with E-state index in [4.69, 9.17) is 9.78 Å². The van der Waals surface area contributed by atoms with Gasteiger partial charge in [0.25, 0.3) is 11.7 Å². The Balaban J connectivity index is 1.59. The lowest BCUT2D eigenvalue weighted by Crippen LogP contribution is -2.60. The zero-order valence-electron chi connectivity index (χ0n) is 17.3. The van der Waals surface area contributed by atoms with Gasteiger partial charge in [-0.3, -0.25) is 4.79 Å². The molecule has 0 radical (unpaired) electrons. The minimum absolute atomic E-state index is 0.0263. The van der Waals surface area contributed by atoms with Crippen LogP contribution < -0.4 is 0 Å². The molecule has 2 aliphatic heterocycles. The molecule has 3 aromatic carbocycles. The summed E-state index contributed by atoms with van der Waals surface area (Å²) < 4.78 is 0. The maximum absolute atomic E-state index is 13.2. The van der Waals surface area contributed by atoms with Crippen LogP contribution in [-0.4, -0.2) is 28.2 Å². The highest BCUT2D eigenvalue weighted by Crippen LogP contribution is 2.56. The molecule has 2 unspecified atom stereocenters. The van der Waals surface area contributed by atoms with Gasteiger partial charge in [0, 0.05) is 19.5 Å². The molecule has 0 spiro atoms. The number of rotatable bonds is 4. The summed E-state index contributed by atoms with van der Waals surface area (Å²) in [5.74, 6) is -3.05. The first kappa shape index (κ1) is 20.4. The van der Waals surface area contributed by atoms with Crippen LogP contribution >= 0.6 is 0 Å². The molecule has 2 fully saturated rings. The van der Waals surface area contributed by atoms with Crippen molar-refractivity contribution in [3.8, 4) is 6.07 Å². The van der Waals surface area contributed by atoms with E-state index >= 15 is 0 Å². The Bertz CT molecular complexity index is 1120. The quantitative estimate of drug-likeness (QED) is 0.646. The summed E-state index contributed by atoms with van der Waals surface area (Å²) in [4.78, 5) is 26.1. The summed E-state index contributed by atoms with van der Waals surface area (Å²) in [5.41, 5.74) is -0.237. The minimum Gasteiger partial charge on any atom is -0.355 e. The van der Waals surface area contributed by atoms with E-state index in [0.717, 1.165) is 16.7 Å². The zero-order valence-corrected chi connectivity index (χ0v) is 17.3. The zero-order chi connectivity index (χ0) is 22.2. The molecule has 32 heavy (non-hydrogen) atoms. The molecule has 1 N–H and O–H groups in total. The minimum atomic E-state index is -2.39. The molecule has 0 aromatic heterocycles. The molecule has 2 heterocycles. The largest absolute Gasteiger partial charge is 0.355 e. The lowest BCUT2D eigenvalue weighted by molar-refractivity contribution is -0.486. The van der Waals surface area contributed by atoms with Gasteiger partial charge < -0.3 is 10.0 Å². The fraction of sp³-hybridized carbons (Fsp3) is 0.231. The van der Waals surface area contributed by atoms with Crippen LogP contribution in [0.5, 0.6) is 0 Å². The molecule has 0 saturated carbocycles. The van der Waals surface area contributed by atoms with Crippen LogP contribution in [0, 0.1) is 16.7 Å². The predicted octanol–water partition coefficient (Wildman–Crippen LogP) is 3.52. The third kappa shape index (κ3) is 2.94. The van der Waals surface area contributed by atoms with Crippen LogP contribution in [0.15, 0.2) is 91.0 Å². The smallest absolute Gasteiger partial charge is 0.299 e. The molecule has 6 heteroatoms. The predicted molar refractivity (Wildman–Crippen MR) is 115 cm³/mol. The second kappa shape index (κ2) is 7.57. The Hall–Kier alpha value is -3.50. The van der Waals surface area contributed by atoms with Gasteiger partial charge in [-0.05, 0) is 16.7 Å². The molecule has 2 atom stereocenters. The number of likely N-dealkylation sites (tertiary alicyclic amines) is 1. The number of hydrogen-bond donors (Lipinski definition) is 1. The fourth-order valence-corrected chi connectivity index (χ4v) is 4.76. The van der Waals surface area contributed by atoms with Crippen LogP contribution in [0.4, 0.5) is 0 Å². The maximum Gasteiger partial charge on any atom is 0.299 e. The summed E-state index contributed by atoms with van der Waals surface area (Å²) in [7, 11) is 0. The first-order valence-corrected chi connectivity index (χ1v) is 10.5.